The summed E-state index contributed by atoms with van der Waals surface area (Å²) in [6, 6.07) is 0. The van der Waals surface area contributed by atoms with Crippen LogP contribution in [0.5, 0.6) is 0 Å². The molecule has 132 valence electrons. The fourth-order valence-corrected chi connectivity index (χ4v) is 3.57. The molecule has 0 aromatic rings. The van der Waals surface area contributed by atoms with Crippen LogP contribution in [0.15, 0.2) is 0 Å². The van der Waals surface area contributed by atoms with Crippen molar-refractivity contribution in [2.75, 3.05) is 0 Å². The quantitative estimate of drug-likeness (QED) is 0.480. The Morgan fingerprint density at radius 2 is 1.00 bits per heavy atom. The van der Waals surface area contributed by atoms with Gasteiger partial charge in [-0.2, -0.15) is 0 Å². The SMILES string of the molecule is O=C(CCCCCC(=O)OC1CCCCC1)OC1CCCCC1. The molecule has 23 heavy (non-hydrogen) atoms. The lowest BCUT2D eigenvalue weighted by Gasteiger charge is -2.22. The zero-order chi connectivity index (χ0) is 16.3. The number of carbonyl (C=O) groups is 2. The molecule has 0 unspecified atom stereocenters. The van der Waals surface area contributed by atoms with E-state index in [2.05, 4.69) is 0 Å². The van der Waals surface area contributed by atoms with Gasteiger partial charge < -0.3 is 9.47 Å². The summed E-state index contributed by atoms with van der Waals surface area (Å²) in [6.45, 7) is 0. The highest BCUT2D eigenvalue weighted by atomic mass is 16.5. The Balaban J connectivity index is 1.45. The van der Waals surface area contributed by atoms with Crippen molar-refractivity contribution in [2.24, 2.45) is 0 Å². The molecule has 0 aromatic carbocycles. The van der Waals surface area contributed by atoms with E-state index in [4.69, 9.17) is 9.47 Å². The Morgan fingerprint density at radius 3 is 1.39 bits per heavy atom. The molecule has 0 atom stereocenters. The van der Waals surface area contributed by atoms with Gasteiger partial charge in [-0.3, -0.25) is 9.59 Å². The van der Waals surface area contributed by atoms with Crippen molar-refractivity contribution < 1.29 is 19.1 Å². The van der Waals surface area contributed by atoms with E-state index in [0.717, 1.165) is 44.9 Å². The molecular weight excluding hydrogens is 292 g/mol. The molecule has 0 bridgehead atoms. The number of ether oxygens (including phenoxy) is 2. The van der Waals surface area contributed by atoms with Crippen molar-refractivity contribution in [2.45, 2.75) is 109 Å². The first kappa shape index (κ1) is 18.3. The maximum absolute atomic E-state index is 11.8. The molecule has 0 amide bonds. The molecule has 0 heterocycles. The third-order valence-electron chi connectivity index (χ3n) is 4.96. The van der Waals surface area contributed by atoms with Crippen LogP contribution in [0.2, 0.25) is 0 Å². The van der Waals surface area contributed by atoms with Crippen LogP contribution in [0.25, 0.3) is 0 Å². The number of hydrogen-bond donors (Lipinski definition) is 0. The maximum atomic E-state index is 11.8. The summed E-state index contributed by atoms with van der Waals surface area (Å²) in [5.74, 6) is -0.136. The van der Waals surface area contributed by atoms with Crippen molar-refractivity contribution >= 4 is 11.9 Å². The van der Waals surface area contributed by atoms with Gasteiger partial charge in [0.2, 0.25) is 0 Å². The van der Waals surface area contributed by atoms with Gasteiger partial charge in [-0.25, -0.2) is 0 Å². The number of esters is 2. The maximum Gasteiger partial charge on any atom is 0.306 e. The highest BCUT2D eigenvalue weighted by molar-refractivity contribution is 5.70. The fraction of sp³-hybridized carbons (Fsp3) is 0.895. The molecule has 0 N–H and O–H groups in total. The van der Waals surface area contributed by atoms with Crippen molar-refractivity contribution in [1.82, 2.24) is 0 Å². The van der Waals surface area contributed by atoms with Gasteiger partial charge >= 0.3 is 11.9 Å². The predicted molar refractivity (Wildman–Crippen MR) is 89.0 cm³/mol. The zero-order valence-electron chi connectivity index (χ0n) is 14.4. The normalized spacial score (nSPS) is 20.2. The van der Waals surface area contributed by atoms with E-state index in [0.29, 0.717) is 12.8 Å². The van der Waals surface area contributed by atoms with E-state index in [1.54, 1.807) is 0 Å². The molecule has 2 saturated carbocycles. The van der Waals surface area contributed by atoms with E-state index >= 15 is 0 Å². The molecule has 0 spiro atoms. The van der Waals surface area contributed by atoms with Gasteiger partial charge in [-0.15, -0.1) is 0 Å². The first-order valence-electron chi connectivity index (χ1n) is 9.63. The Morgan fingerprint density at radius 1 is 0.609 bits per heavy atom. The van der Waals surface area contributed by atoms with Crippen LogP contribution < -0.4 is 0 Å². The molecule has 0 aliphatic heterocycles. The summed E-state index contributed by atoms with van der Waals surface area (Å²) in [6.07, 6.45) is 15.1. The second-order valence-corrected chi connectivity index (χ2v) is 7.06. The third-order valence-corrected chi connectivity index (χ3v) is 4.96. The van der Waals surface area contributed by atoms with E-state index in [9.17, 15) is 9.59 Å². The molecule has 0 radical (unpaired) electrons. The van der Waals surface area contributed by atoms with Crippen LogP contribution in [0.1, 0.15) is 96.3 Å². The number of rotatable bonds is 8. The zero-order valence-corrected chi connectivity index (χ0v) is 14.4. The van der Waals surface area contributed by atoms with E-state index in [1.807, 2.05) is 0 Å². The highest BCUT2D eigenvalue weighted by Crippen LogP contribution is 2.22. The summed E-state index contributed by atoms with van der Waals surface area (Å²) in [7, 11) is 0. The lowest BCUT2D eigenvalue weighted by atomic mass is 9.98. The van der Waals surface area contributed by atoms with Crippen molar-refractivity contribution in [3.63, 3.8) is 0 Å². The Kier molecular flexibility index (Phi) is 8.48. The van der Waals surface area contributed by atoms with Crippen LogP contribution in [0.4, 0.5) is 0 Å². The average Bonchev–Trinajstić information content (AvgIpc) is 2.56. The fourth-order valence-electron chi connectivity index (χ4n) is 3.57. The molecule has 2 fully saturated rings. The molecule has 4 nitrogen and oxygen atoms in total. The summed E-state index contributed by atoms with van der Waals surface area (Å²) in [5, 5.41) is 0. The summed E-state index contributed by atoms with van der Waals surface area (Å²) in [4.78, 5) is 23.5. The molecule has 0 saturated heterocycles. The first-order chi connectivity index (χ1) is 11.2. The summed E-state index contributed by atoms with van der Waals surface area (Å²) >= 11 is 0. The van der Waals surface area contributed by atoms with E-state index < -0.39 is 0 Å². The molecular formula is C19H32O4. The van der Waals surface area contributed by atoms with Crippen molar-refractivity contribution in [1.29, 1.82) is 0 Å². The molecule has 4 heteroatoms. The number of carbonyl (C=O) groups excluding carboxylic acids is 2. The van der Waals surface area contributed by atoms with Gasteiger partial charge in [-0.1, -0.05) is 19.3 Å². The Labute approximate surface area is 140 Å². The van der Waals surface area contributed by atoms with Gasteiger partial charge in [-0.05, 0) is 64.2 Å². The summed E-state index contributed by atoms with van der Waals surface area (Å²) < 4.78 is 11.0. The number of hydrogen-bond acceptors (Lipinski definition) is 4. The van der Waals surface area contributed by atoms with E-state index in [-0.39, 0.29) is 24.1 Å². The van der Waals surface area contributed by atoms with Crippen LogP contribution in [0.3, 0.4) is 0 Å². The molecule has 0 aromatic heterocycles. The van der Waals surface area contributed by atoms with Crippen LogP contribution in [-0.2, 0) is 19.1 Å². The minimum Gasteiger partial charge on any atom is -0.462 e. The van der Waals surface area contributed by atoms with Gasteiger partial charge in [0, 0.05) is 12.8 Å². The molecule has 2 aliphatic rings. The van der Waals surface area contributed by atoms with Gasteiger partial charge in [0.25, 0.3) is 0 Å². The van der Waals surface area contributed by atoms with Crippen LogP contribution >= 0.6 is 0 Å². The topological polar surface area (TPSA) is 52.6 Å². The molecule has 2 aliphatic carbocycles. The van der Waals surface area contributed by atoms with E-state index in [1.165, 1.54) is 38.5 Å². The third kappa shape index (κ3) is 7.85. The van der Waals surface area contributed by atoms with Crippen molar-refractivity contribution in [3.05, 3.63) is 0 Å². The van der Waals surface area contributed by atoms with Crippen LogP contribution in [0, 0.1) is 0 Å². The minimum atomic E-state index is -0.0679. The monoisotopic (exact) mass is 324 g/mol. The molecule has 2 rings (SSSR count). The second-order valence-electron chi connectivity index (χ2n) is 7.06. The van der Waals surface area contributed by atoms with Crippen LogP contribution in [-0.4, -0.2) is 24.1 Å². The standard InChI is InChI=1S/C19H32O4/c20-18(22-16-10-4-1-5-11-16)14-8-3-9-15-19(21)23-17-12-6-2-7-13-17/h16-17H,1-15H2. The lowest BCUT2D eigenvalue weighted by Crippen LogP contribution is -2.21. The van der Waals surface area contributed by atoms with Crippen molar-refractivity contribution in [3.8, 4) is 0 Å². The lowest BCUT2D eigenvalue weighted by molar-refractivity contribution is -0.151. The first-order valence-corrected chi connectivity index (χ1v) is 9.63. The minimum absolute atomic E-state index is 0.0679. The smallest absolute Gasteiger partial charge is 0.306 e. The Bertz CT molecular complexity index is 320. The largest absolute Gasteiger partial charge is 0.462 e. The summed E-state index contributed by atoms with van der Waals surface area (Å²) in [5.41, 5.74) is 0. The highest BCUT2D eigenvalue weighted by Gasteiger charge is 2.18. The Hall–Kier alpha value is -1.06. The van der Waals surface area contributed by atoms with Gasteiger partial charge in [0.05, 0.1) is 0 Å². The average molecular weight is 324 g/mol. The van der Waals surface area contributed by atoms with Gasteiger partial charge in [0.15, 0.2) is 0 Å². The van der Waals surface area contributed by atoms with Gasteiger partial charge in [0.1, 0.15) is 12.2 Å². The predicted octanol–water partition coefficient (Wildman–Crippen LogP) is 4.69. The number of unbranched alkanes of at least 4 members (excludes halogenated alkanes) is 2. The second kappa shape index (κ2) is 10.7.